The topological polar surface area (TPSA) is 42.0 Å². The van der Waals surface area contributed by atoms with Crippen molar-refractivity contribution in [3.8, 4) is 0 Å². The summed E-state index contributed by atoms with van der Waals surface area (Å²) >= 11 is 0. The van der Waals surface area contributed by atoms with Crippen LogP contribution in [0.15, 0.2) is 30.3 Å². The van der Waals surface area contributed by atoms with Crippen molar-refractivity contribution in [2.75, 3.05) is 33.4 Å². The second kappa shape index (κ2) is 8.60. The fraction of sp³-hybridized carbons (Fsp3) is 0.632. The van der Waals surface area contributed by atoms with E-state index in [1.165, 1.54) is 12.0 Å². The van der Waals surface area contributed by atoms with Gasteiger partial charge in [0.2, 0.25) is 5.91 Å². The van der Waals surface area contributed by atoms with Gasteiger partial charge in [-0.3, -0.25) is 9.69 Å². The van der Waals surface area contributed by atoms with Crippen LogP contribution in [-0.2, 0) is 20.8 Å². The summed E-state index contributed by atoms with van der Waals surface area (Å²) in [5.74, 6) is 0.232. The lowest BCUT2D eigenvalue weighted by atomic mass is 10.2. The molecule has 24 heavy (non-hydrogen) atoms. The van der Waals surface area contributed by atoms with Crippen LogP contribution in [-0.4, -0.2) is 61.4 Å². The maximum Gasteiger partial charge on any atom is 0.240 e. The van der Waals surface area contributed by atoms with E-state index in [0.717, 1.165) is 39.0 Å². The van der Waals surface area contributed by atoms with Gasteiger partial charge in [0.05, 0.1) is 12.6 Å². The molecule has 0 N–H and O–H groups in total. The predicted molar refractivity (Wildman–Crippen MR) is 92.4 cm³/mol. The highest BCUT2D eigenvalue weighted by molar-refractivity contribution is 5.83. The first kappa shape index (κ1) is 17.4. The summed E-state index contributed by atoms with van der Waals surface area (Å²) in [5.41, 5.74) is 1.19. The van der Waals surface area contributed by atoms with Gasteiger partial charge in [-0.2, -0.15) is 0 Å². The zero-order valence-electron chi connectivity index (χ0n) is 14.5. The van der Waals surface area contributed by atoms with Gasteiger partial charge < -0.3 is 14.4 Å². The van der Waals surface area contributed by atoms with Gasteiger partial charge in [-0.15, -0.1) is 0 Å². The number of hydrogen-bond acceptors (Lipinski definition) is 4. The quantitative estimate of drug-likeness (QED) is 0.768. The monoisotopic (exact) mass is 332 g/mol. The summed E-state index contributed by atoms with van der Waals surface area (Å²) in [6.07, 6.45) is 4.13. The molecule has 132 valence electrons. The number of carbonyl (C=O) groups excluding carboxylic acids is 1. The van der Waals surface area contributed by atoms with E-state index in [9.17, 15) is 4.79 Å². The molecule has 2 saturated heterocycles. The van der Waals surface area contributed by atoms with Crippen molar-refractivity contribution < 1.29 is 14.3 Å². The van der Waals surface area contributed by atoms with E-state index in [4.69, 9.17) is 9.47 Å². The number of hydrogen-bond donors (Lipinski definition) is 0. The first-order valence-electron chi connectivity index (χ1n) is 9.00. The maximum atomic E-state index is 12.6. The predicted octanol–water partition coefficient (Wildman–Crippen LogP) is 2.26. The Kier molecular flexibility index (Phi) is 6.24. The molecule has 2 heterocycles. The van der Waals surface area contributed by atoms with Crippen molar-refractivity contribution in [1.82, 2.24) is 9.80 Å². The van der Waals surface area contributed by atoms with E-state index >= 15 is 0 Å². The fourth-order valence-corrected chi connectivity index (χ4v) is 3.42. The molecule has 2 fully saturated rings. The molecule has 2 unspecified atom stereocenters. The Morgan fingerprint density at radius 2 is 2.08 bits per heavy atom. The smallest absolute Gasteiger partial charge is 0.240 e. The fourth-order valence-electron chi connectivity index (χ4n) is 3.42. The van der Waals surface area contributed by atoms with Crippen LogP contribution >= 0.6 is 0 Å². The van der Waals surface area contributed by atoms with Crippen molar-refractivity contribution in [2.45, 2.75) is 44.6 Å². The second-order valence-electron chi connectivity index (χ2n) is 6.70. The number of likely N-dealkylation sites (N-methyl/N-ethyl adjacent to an activating group) is 1. The summed E-state index contributed by atoms with van der Waals surface area (Å²) in [5, 5.41) is 0. The molecular formula is C19H28N2O3. The number of rotatable bonds is 7. The van der Waals surface area contributed by atoms with Crippen LogP contribution in [0, 0.1) is 0 Å². The van der Waals surface area contributed by atoms with Gasteiger partial charge in [-0.25, -0.2) is 0 Å². The van der Waals surface area contributed by atoms with Crippen molar-refractivity contribution in [2.24, 2.45) is 0 Å². The first-order chi connectivity index (χ1) is 11.7. The Bertz CT molecular complexity index is 517. The molecule has 2 aliphatic heterocycles. The number of nitrogens with zero attached hydrogens (tertiary/aromatic N) is 2. The van der Waals surface area contributed by atoms with Crippen LogP contribution in [0.2, 0.25) is 0 Å². The van der Waals surface area contributed by atoms with Crippen molar-refractivity contribution >= 4 is 5.91 Å². The molecule has 5 heteroatoms. The van der Waals surface area contributed by atoms with Gasteiger partial charge in [0.1, 0.15) is 0 Å². The molecule has 0 radical (unpaired) electrons. The number of amides is 1. The highest BCUT2D eigenvalue weighted by atomic mass is 16.7. The van der Waals surface area contributed by atoms with Gasteiger partial charge in [0.25, 0.3) is 0 Å². The molecular weight excluding hydrogens is 304 g/mol. The molecule has 5 nitrogen and oxygen atoms in total. The van der Waals surface area contributed by atoms with Crippen LogP contribution in [0.4, 0.5) is 0 Å². The molecule has 2 aliphatic rings. The average molecular weight is 332 g/mol. The molecule has 0 spiro atoms. The van der Waals surface area contributed by atoms with Crippen LogP contribution in [0.25, 0.3) is 0 Å². The normalized spacial score (nSPS) is 24.8. The Hall–Kier alpha value is -1.43. The molecule has 2 atom stereocenters. The van der Waals surface area contributed by atoms with Crippen molar-refractivity contribution in [3.05, 3.63) is 35.9 Å². The SMILES string of the molecule is CN(CCOC1CCCCO1)C1CCN(Cc2ccccc2)C1=O. The van der Waals surface area contributed by atoms with E-state index in [1.807, 2.05) is 30.1 Å². The van der Waals surface area contributed by atoms with E-state index in [1.54, 1.807) is 0 Å². The Morgan fingerprint density at radius 1 is 1.25 bits per heavy atom. The third-order valence-corrected chi connectivity index (χ3v) is 4.90. The zero-order chi connectivity index (χ0) is 16.8. The first-order valence-corrected chi connectivity index (χ1v) is 9.00. The standard InChI is InChI=1S/C19H28N2O3/c1-20(12-14-24-18-9-5-6-13-23-18)17-10-11-21(19(17)22)15-16-7-3-2-4-8-16/h2-4,7-8,17-18H,5-6,9-15H2,1H3. The Morgan fingerprint density at radius 3 is 2.83 bits per heavy atom. The largest absolute Gasteiger partial charge is 0.353 e. The van der Waals surface area contributed by atoms with Gasteiger partial charge in [0, 0.05) is 26.2 Å². The zero-order valence-corrected chi connectivity index (χ0v) is 14.5. The second-order valence-corrected chi connectivity index (χ2v) is 6.70. The highest BCUT2D eigenvalue weighted by Gasteiger charge is 2.34. The molecule has 0 saturated carbocycles. The molecule has 1 amide bonds. The Labute approximate surface area is 144 Å². The molecule has 1 aromatic carbocycles. The van der Waals surface area contributed by atoms with Crippen LogP contribution in [0.3, 0.4) is 0 Å². The lowest BCUT2D eigenvalue weighted by Gasteiger charge is -2.26. The van der Waals surface area contributed by atoms with Gasteiger partial charge in [-0.1, -0.05) is 30.3 Å². The van der Waals surface area contributed by atoms with Crippen LogP contribution < -0.4 is 0 Å². The van der Waals surface area contributed by atoms with E-state index in [0.29, 0.717) is 13.2 Å². The number of carbonyl (C=O) groups is 1. The minimum Gasteiger partial charge on any atom is -0.353 e. The maximum absolute atomic E-state index is 12.6. The van der Waals surface area contributed by atoms with Gasteiger partial charge in [0.15, 0.2) is 6.29 Å². The van der Waals surface area contributed by atoms with Crippen molar-refractivity contribution in [3.63, 3.8) is 0 Å². The Balaban J connectivity index is 1.42. The number of likely N-dealkylation sites (tertiary alicyclic amines) is 1. The average Bonchev–Trinajstić information content (AvgIpc) is 2.97. The minimum atomic E-state index is -0.0546. The molecule has 3 rings (SSSR count). The van der Waals surface area contributed by atoms with Crippen LogP contribution in [0.5, 0.6) is 0 Å². The summed E-state index contributed by atoms with van der Waals surface area (Å²) in [4.78, 5) is 16.7. The third-order valence-electron chi connectivity index (χ3n) is 4.90. The molecule has 0 bridgehead atoms. The highest BCUT2D eigenvalue weighted by Crippen LogP contribution is 2.19. The number of benzene rings is 1. The van der Waals surface area contributed by atoms with E-state index < -0.39 is 0 Å². The summed E-state index contributed by atoms with van der Waals surface area (Å²) in [6, 6.07) is 10.2. The third kappa shape index (κ3) is 4.56. The summed E-state index contributed by atoms with van der Waals surface area (Å²) < 4.78 is 11.4. The minimum absolute atomic E-state index is 0.0235. The van der Waals surface area contributed by atoms with Gasteiger partial charge in [-0.05, 0) is 38.3 Å². The number of ether oxygens (including phenoxy) is 2. The summed E-state index contributed by atoms with van der Waals surface area (Å²) in [7, 11) is 2.01. The van der Waals surface area contributed by atoms with E-state index in [2.05, 4.69) is 17.0 Å². The molecule has 0 aliphatic carbocycles. The molecule has 1 aromatic rings. The van der Waals surface area contributed by atoms with Gasteiger partial charge >= 0.3 is 0 Å². The van der Waals surface area contributed by atoms with Crippen molar-refractivity contribution in [1.29, 1.82) is 0 Å². The van der Waals surface area contributed by atoms with Crippen LogP contribution in [0.1, 0.15) is 31.2 Å². The lowest BCUT2D eigenvalue weighted by Crippen LogP contribution is -2.41. The summed E-state index contributed by atoms with van der Waals surface area (Å²) in [6.45, 7) is 3.71. The van der Waals surface area contributed by atoms with E-state index in [-0.39, 0.29) is 18.2 Å². The molecule has 0 aromatic heterocycles. The lowest BCUT2D eigenvalue weighted by molar-refractivity contribution is -0.164.